The highest BCUT2D eigenvalue weighted by molar-refractivity contribution is 5.81. The number of nitrogens with one attached hydrogen (secondary N) is 2. The van der Waals surface area contributed by atoms with Gasteiger partial charge in [0.2, 0.25) is 5.91 Å². The average molecular weight is 401 g/mol. The highest BCUT2D eigenvalue weighted by Crippen LogP contribution is 2.27. The Hall–Kier alpha value is -2.08. The standard InChI is InChI=1S/C23H36N4O2/c1-24-23(25-14-7-8-16-29-18-19-9-3-2-4-10-19)26-21-13-15-27(17-21)22(28)20-11-5-6-12-20/h2-4,9-10,20-21H,5-8,11-18H2,1H3,(H2,24,25,26). The molecule has 2 aliphatic rings. The molecule has 29 heavy (non-hydrogen) atoms. The van der Waals surface area contributed by atoms with Crippen molar-refractivity contribution in [3.8, 4) is 0 Å². The third-order valence-corrected chi connectivity index (χ3v) is 5.89. The Morgan fingerprint density at radius 1 is 1.17 bits per heavy atom. The van der Waals surface area contributed by atoms with Crippen molar-refractivity contribution in [3.05, 3.63) is 35.9 Å². The monoisotopic (exact) mass is 400 g/mol. The van der Waals surface area contributed by atoms with Crippen LogP contribution in [0.4, 0.5) is 0 Å². The van der Waals surface area contributed by atoms with Crippen LogP contribution in [0.5, 0.6) is 0 Å². The summed E-state index contributed by atoms with van der Waals surface area (Å²) in [6, 6.07) is 10.6. The molecular formula is C23H36N4O2. The van der Waals surface area contributed by atoms with Crippen LogP contribution in [0.15, 0.2) is 35.3 Å². The lowest BCUT2D eigenvalue weighted by Gasteiger charge is -2.21. The Labute approximate surface area is 175 Å². The zero-order valence-corrected chi connectivity index (χ0v) is 17.7. The minimum atomic E-state index is 0.273. The highest BCUT2D eigenvalue weighted by atomic mass is 16.5. The van der Waals surface area contributed by atoms with Gasteiger partial charge in [0.1, 0.15) is 0 Å². The van der Waals surface area contributed by atoms with Crippen molar-refractivity contribution >= 4 is 11.9 Å². The van der Waals surface area contributed by atoms with Gasteiger partial charge in [-0.3, -0.25) is 9.79 Å². The van der Waals surface area contributed by atoms with E-state index in [0.717, 1.165) is 64.3 Å². The molecule has 160 valence electrons. The number of amides is 1. The van der Waals surface area contributed by atoms with Crippen LogP contribution in [0.1, 0.15) is 50.5 Å². The van der Waals surface area contributed by atoms with E-state index >= 15 is 0 Å². The summed E-state index contributed by atoms with van der Waals surface area (Å²) in [6.45, 7) is 3.97. The van der Waals surface area contributed by atoms with Gasteiger partial charge in [-0.1, -0.05) is 43.2 Å². The molecule has 0 bridgehead atoms. The molecule has 2 N–H and O–H groups in total. The molecule has 0 spiro atoms. The zero-order chi connectivity index (χ0) is 20.3. The quantitative estimate of drug-likeness (QED) is 0.380. The topological polar surface area (TPSA) is 66.0 Å². The summed E-state index contributed by atoms with van der Waals surface area (Å²) in [7, 11) is 1.80. The van der Waals surface area contributed by atoms with Crippen molar-refractivity contribution in [2.24, 2.45) is 10.9 Å². The van der Waals surface area contributed by atoms with E-state index in [1.54, 1.807) is 7.05 Å². The third-order valence-electron chi connectivity index (χ3n) is 5.89. The van der Waals surface area contributed by atoms with Crippen LogP contribution in [0.2, 0.25) is 0 Å². The van der Waals surface area contributed by atoms with E-state index in [2.05, 4.69) is 27.8 Å². The maximum Gasteiger partial charge on any atom is 0.225 e. The van der Waals surface area contributed by atoms with Crippen molar-refractivity contribution in [3.63, 3.8) is 0 Å². The van der Waals surface area contributed by atoms with Crippen LogP contribution in [-0.2, 0) is 16.1 Å². The lowest BCUT2D eigenvalue weighted by molar-refractivity contribution is -0.134. The molecule has 1 aliphatic heterocycles. The largest absolute Gasteiger partial charge is 0.377 e. The molecule has 1 saturated carbocycles. The second kappa shape index (κ2) is 11.8. The van der Waals surface area contributed by atoms with E-state index in [9.17, 15) is 4.79 Å². The van der Waals surface area contributed by atoms with Gasteiger partial charge in [0.05, 0.1) is 6.61 Å². The highest BCUT2D eigenvalue weighted by Gasteiger charge is 2.32. The molecule has 1 aliphatic carbocycles. The van der Waals surface area contributed by atoms with Gasteiger partial charge in [0.25, 0.3) is 0 Å². The summed E-state index contributed by atoms with van der Waals surface area (Å²) >= 11 is 0. The SMILES string of the molecule is CN=C(NCCCCOCc1ccccc1)NC1CCN(C(=O)C2CCCC2)C1. The number of likely N-dealkylation sites (tertiary alicyclic amines) is 1. The van der Waals surface area contributed by atoms with E-state index < -0.39 is 0 Å². The van der Waals surface area contributed by atoms with Crippen LogP contribution in [0, 0.1) is 5.92 Å². The van der Waals surface area contributed by atoms with Crippen LogP contribution >= 0.6 is 0 Å². The number of carbonyl (C=O) groups excluding carboxylic acids is 1. The zero-order valence-electron chi connectivity index (χ0n) is 17.7. The molecule has 1 aromatic rings. The second-order valence-corrected chi connectivity index (χ2v) is 8.14. The normalized spacial score (nSPS) is 20.2. The van der Waals surface area contributed by atoms with Gasteiger partial charge in [-0.05, 0) is 37.7 Å². The Morgan fingerprint density at radius 2 is 1.97 bits per heavy atom. The first kappa shape index (κ1) is 21.6. The van der Waals surface area contributed by atoms with E-state index in [-0.39, 0.29) is 5.92 Å². The number of aliphatic imine (C=N–C) groups is 1. The molecule has 1 saturated heterocycles. The summed E-state index contributed by atoms with van der Waals surface area (Å²) in [4.78, 5) is 19.0. The van der Waals surface area contributed by atoms with Crippen molar-refractivity contribution in [2.75, 3.05) is 33.3 Å². The van der Waals surface area contributed by atoms with Gasteiger partial charge in [-0.15, -0.1) is 0 Å². The molecule has 2 fully saturated rings. The molecule has 0 aromatic heterocycles. The Morgan fingerprint density at radius 3 is 2.72 bits per heavy atom. The molecule has 3 rings (SSSR count). The predicted octanol–water partition coefficient (Wildman–Crippen LogP) is 2.94. The van der Waals surface area contributed by atoms with Gasteiger partial charge in [-0.2, -0.15) is 0 Å². The maximum absolute atomic E-state index is 12.6. The number of benzene rings is 1. The smallest absolute Gasteiger partial charge is 0.225 e. The molecular weight excluding hydrogens is 364 g/mol. The number of hydrogen-bond donors (Lipinski definition) is 2. The van der Waals surface area contributed by atoms with Crippen LogP contribution in [0.3, 0.4) is 0 Å². The molecule has 1 heterocycles. The molecule has 1 amide bonds. The lowest BCUT2D eigenvalue weighted by atomic mass is 10.1. The number of nitrogens with zero attached hydrogens (tertiary/aromatic N) is 2. The van der Waals surface area contributed by atoms with Gasteiger partial charge in [0.15, 0.2) is 5.96 Å². The minimum absolute atomic E-state index is 0.273. The number of hydrogen-bond acceptors (Lipinski definition) is 3. The summed E-state index contributed by atoms with van der Waals surface area (Å²) in [6.07, 6.45) is 7.61. The Balaban J connectivity index is 1.25. The van der Waals surface area contributed by atoms with Crippen molar-refractivity contribution < 1.29 is 9.53 Å². The molecule has 1 unspecified atom stereocenters. The van der Waals surface area contributed by atoms with Crippen molar-refractivity contribution in [1.29, 1.82) is 0 Å². The predicted molar refractivity (Wildman–Crippen MR) is 117 cm³/mol. The average Bonchev–Trinajstić information content (AvgIpc) is 3.45. The summed E-state index contributed by atoms with van der Waals surface area (Å²) < 4.78 is 5.73. The lowest BCUT2D eigenvalue weighted by Crippen LogP contribution is -2.45. The van der Waals surface area contributed by atoms with Crippen LogP contribution in [-0.4, -0.2) is 56.1 Å². The summed E-state index contributed by atoms with van der Waals surface area (Å²) in [5.41, 5.74) is 1.22. The number of rotatable bonds is 9. The van der Waals surface area contributed by atoms with E-state index in [0.29, 0.717) is 18.6 Å². The molecule has 1 atom stereocenters. The van der Waals surface area contributed by atoms with Crippen molar-refractivity contribution in [1.82, 2.24) is 15.5 Å². The van der Waals surface area contributed by atoms with Gasteiger partial charge >= 0.3 is 0 Å². The fourth-order valence-corrected chi connectivity index (χ4v) is 4.20. The summed E-state index contributed by atoms with van der Waals surface area (Å²) in [5.74, 6) is 1.47. The molecule has 1 aromatic carbocycles. The van der Waals surface area contributed by atoms with Gasteiger partial charge in [-0.25, -0.2) is 0 Å². The fourth-order valence-electron chi connectivity index (χ4n) is 4.20. The van der Waals surface area contributed by atoms with E-state index in [1.807, 2.05) is 23.1 Å². The second-order valence-electron chi connectivity index (χ2n) is 8.14. The number of guanidine groups is 1. The molecule has 6 heteroatoms. The first-order chi connectivity index (χ1) is 14.3. The van der Waals surface area contributed by atoms with Crippen LogP contribution in [0.25, 0.3) is 0 Å². The van der Waals surface area contributed by atoms with Gasteiger partial charge in [0, 0.05) is 45.2 Å². The van der Waals surface area contributed by atoms with E-state index in [1.165, 1.54) is 18.4 Å². The Kier molecular flexibility index (Phi) is 8.81. The number of ether oxygens (including phenoxy) is 1. The first-order valence-corrected chi connectivity index (χ1v) is 11.1. The molecule has 0 radical (unpaired) electrons. The fraction of sp³-hybridized carbons (Fsp3) is 0.652. The molecule has 6 nitrogen and oxygen atoms in total. The van der Waals surface area contributed by atoms with E-state index in [4.69, 9.17) is 4.74 Å². The van der Waals surface area contributed by atoms with Crippen LogP contribution < -0.4 is 10.6 Å². The first-order valence-electron chi connectivity index (χ1n) is 11.1. The maximum atomic E-state index is 12.6. The third kappa shape index (κ3) is 7.03. The number of carbonyl (C=O) groups is 1. The van der Waals surface area contributed by atoms with Crippen molar-refractivity contribution in [2.45, 2.75) is 57.6 Å². The Bertz CT molecular complexity index is 644. The van der Waals surface area contributed by atoms with Gasteiger partial charge < -0.3 is 20.3 Å². The number of unbranched alkanes of at least 4 members (excludes halogenated alkanes) is 1. The minimum Gasteiger partial charge on any atom is -0.377 e. The summed E-state index contributed by atoms with van der Waals surface area (Å²) in [5, 5.41) is 6.86.